The summed E-state index contributed by atoms with van der Waals surface area (Å²) in [7, 11) is 0. The van der Waals surface area contributed by atoms with E-state index in [0.29, 0.717) is 23.0 Å². The Morgan fingerprint density at radius 3 is 2.65 bits per heavy atom. The van der Waals surface area contributed by atoms with Gasteiger partial charge in [0, 0.05) is 6.04 Å². The average molecular weight is 332 g/mol. The first-order chi connectivity index (χ1) is 11.1. The molecule has 1 fully saturated rings. The third-order valence-corrected chi connectivity index (χ3v) is 4.79. The highest BCUT2D eigenvalue weighted by Gasteiger charge is 2.23. The number of aromatic nitrogens is 2. The molecule has 1 saturated carbocycles. The molecule has 2 aromatic rings. The molecule has 1 N–H and O–H groups in total. The molecule has 4 nitrogen and oxygen atoms in total. The van der Waals surface area contributed by atoms with Crippen LogP contribution in [-0.2, 0) is 6.54 Å². The van der Waals surface area contributed by atoms with Crippen molar-refractivity contribution in [3.05, 3.63) is 52.3 Å². The van der Waals surface area contributed by atoms with Crippen LogP contribution in [0, 0.1) is 6.92 Å². The fourth-order valence-electron chi connectivity index (χ4n) is 3.18. The van der Waals surface area contributed by atoms with Gasteiger partial charge in [0.15, 0.2) is 0 Å². The van der Waals surface area contributed by atoms with Crippen LogP contribution in [-0.4, -0.2) is 21.7 Å². The van der Waals surface area contributed by atoms with Crippen molar-refractivity contribution in [1.82, 2.24) is 15.1 Å². The van der Waals surface area contributed by atoms with E-state index < -0.39 is 0 Å². The van der Waals surface area contributed by atoms with Gasteiger partial charge in [-0.1, -0.05) is 61.2 Å². The van der Waals surface area contributed by atoms with E-state index in [1.807, 2.05) is 37.3 Å². The zero-order valence-electron chi connectivity index (χ0n) is 13.4. The molecule has 1 amide bonds. The minimum absolute atomic E-state index is 0.0984. The Labute approximate surface area is 141 Å². The minimum atomic E-state index is -0.0984. The largest absolute Gasteiger partial charge is 0.349 e. The van der Waals surface area contributed by atoms with E-state index in [-0.39, 0.29) is 11.9 Å². The molecule has 23 heavy (non-hydrogen) atoms. The summed E-state index contributed by atoms with van der Waals surface area (Å²) in [5.41, 5.74) is 2.29. The highest BCUT2D eigenvalue weighted by atomic mass is 35.5. The van der Waals surface area contributed by atoms with Gasteiger partial charge in [-0.25, -0.2) is 4.68 Å². The smallest absolute Gasteiger partial charge is 0.256 e. The van der Waals surface area contributed by atoms with Crippen LogP contribution in [0.25, 0.3) is 0 Å². The number of carbonyl (C=O) groups is 1. The van der Waals surface area contributed by atoms with Gasteiger partial charge < -0.3 is 5.32 Å². The van der Waals surface area contributed by atoms with Crippen molar-refractivity contribution >= 4 is 17.5 Å². The van der Waals surface area contributed by atoms with E-state index in [2.05, 4.69) is 10.4 Å². The Hall–Kier alpha value is -1.81. The van der Waals surface area contributed by atoms with Crippen molar-refractivity contribution < 1.29 is 4.79 Å². The molecule has 122 valence electrons. The van der Waals surface area contributed by atoms with Crippen molar-refractivity contribution in [1.29, 1.82) is 0 Å². The van der Waals surface area contributed by atoms with Crippen LogP contribution in [0.1, 0.15) is 53.7 Å². The Kier molecular flexibility index (Phi) is 5.01. The quantitative estimate of drug-likeness (QED) is 0.921. The zero-order valence-corrected chi connectivity index (χ0v) is 14.1. The van der Waals surface area contributed by atoms with Crippen molar-refractivity contribution in [2.24, 2.45) is 0 Å². The first kappa shape index (κ1) is 16.1. The van der Waals surface area contributed by atoms with Crippen molar-refractivity contribution in [2.45, 2.75) is 51.6 Å². The lowest BCUT2D eigenvalue weighted by Crippen LogP contribution is -2.36. The third kappa shape index (κ3) is 3.75. The van der Waals surface area contributed by atoms with Gasteiger partial charge in [-0.2, -0.15) is 5.10 Å². The minimum Gasteiger partial charge on any atom is -0.349 e. The standard InChI is InChI=1S/C18H22ClN3O/c1-13-16(18(23)20-15-10-6-3-7-11-15)17(19)22(21-13)12-14-8-4-2-5-9-14/h2,4-5,8-9,15H,3,6-7,10-12H2,1H3,(H,20,23). The molecule has 1 aromatic carbocycles. The van der Waals surface area contributed by atoms with Crippen LogP contribution >= 0.6 is 11.6 Å². The zero-order chi connectivity index (χ0) is 16.2. The average Bonchev–Trinajstić information content (AvgIpc) is 2.83. The predicted octanol–water partition coefficient (Wildman–Crippen LogP) is 3.96. The van der Waals surface area contributed by atoms with Gasteiger partial charge in [-0.05, 0) is 25.3 Å². The molecule has 1 aliphatic rings. The lowest BCUT2D eigenvalue weighted by molar-refractivity contribution is 0.0927. The molecule has 0 spiro atoms. The number of benzene rings is 1. The van der Waals surface area contributed by atoms with E-state index in [0.717, 1.165) is 18.4 Å². The lowest BCUT2D eigenvalue weighted by Gasteiger charge is -2.22. The number of halogens is 1. The maximum Gasteiger partial charge on any atom is 0.256 e. The van der Waals surface area contributed by atoms with Crippen molar-refractivity contribution in [3.8, 4) is 0 Å². The number of carbonyl (C=O) groups excluding carboxylic acids is 1. The number of nitrogens with zero attached hydrogens (tertiary/aromatic N) is 2. The topological polar surface area (TPSA) is 46.9 Å². The van der Waals surface area contributed by atoms with E-state index in [4.69, 9.17) is 11.6 Å². The predicted molar refractivity (Wildman–Crippen MR) is 91.9 cm³/mol. The normalized spacial score (nSPS) is 15.6. The molecule has 1 aliphatic carbocycles. The first-order valence-corrected chi connectivity index (χ1v) is 8.60. The van der Waals surface area contributed by atoms with Gasteiger partial charge in [0.2, 0.25) is 0 Å². The summed E-state index contributed by atoms with van der Waals surface area (Å²) in [5, 5.41) is 7.98. The number of amides is 1. The molecule has 3 rings (SSSR count). The van der Waals surface area contributed by atoms with E-state index >= 15 is 0 Å². The fourth-order valence-corrected chi connectivity index (χ4v) is 3.50. The van der Waals surface area contributed by atoms with Crippen LogP contribution in [0.4, 0.5) is 0 Å². The highest BCUT2D eigenvalue weighted by molar-refractivity contribution is 6.33. The Morgan fingerprint density at radius 2 is 1.96 bits per heavy atom. The molecule has 1 heterocycles. The summed E-state index contributed by atoms with van der Waals surface area (Å²) in [6.45, 7) is 2.40. The maximum atomic E-state index is 12.6. The summed E-state index contributed by atoms with van der Waals surface area (Å²) >= 11 is 6.43. The summed E-state index contributed by atoms with van der Waals surface area (Å²) in [4.78, 5) is 12.6. The molecule has 1 aromatic heterocycles. The summed E-state index contributed by atoms with van der Waals surface area (Å²) in [5.74, 6) is -0.0984. The molecule has 5 heteroatoms. The van der Waals surface area contributed by atoms with Crippen LogP contribution in [0.2, 0.25) is 5.15 Å². The lowest BCUT2D eigenvalue weighted by atomic mass is 9.95. The van der Waals surface area contributed by atoms with E-state index in [1.165, 1.54) is 19.3 Å². The summed E-state index contributed by atoms with van der Waals surface area (Å²) < 4.78 is 1.70. The molecular formula is C18H22ClN3O. The Balaban J connectivity index is 1.75. The van der Waals surface area contributed by atoms with Gasteiger partial charge in [0.1, 0.15) is 5.15 Å². The van der Waals surface area contributed by atoms with Crippen LogP contribution < -0.4 is 5.32 Å². The second-order valence-electron chi connectivity index (χ2n) is 6.20. The van der Waals surface area contributed by atoms with Crippen LogP contribution in [0.5, 0.6) is 0 Å². The molecule has 0 saturated heterocycles. The van der Waals surface area contributed by atoms with Gasteiger partial charge in [-0.3, -0.25) is 4.79 Å². The van der Waals surface area contributed by atoms with Gasteiger partial charge >= 0.3 is 0 Å². The molecule has 0 bridgehead atoms. The first-order valence-electron chi connectivity index (χ1n) is 8.23. The van der Waals surface area contributed by atoms with Crippen LogP contribution in [0.3, 0.4) is 0 Å². The molecule has 0 atom stereocenters. The van der Waals surface area contributed by atoms with Crippen molar-refractivity contribution in [2.75, 3.05) is 0 Å². The second-order valence-corrected chi connectivity index (χ2v) is 6.56. The van der Waals surface area contributed by atoms with Crippen LogP contribution in [0.15, 0.2) is 30.3 Å². The molecule has 0 radical (unpaired) electrons. The van der Waals surface area contributed by atoms with E-state index in [9.17, 15) is 4.79 Å². The number of hydrogen-bond donors (Lipinski definition) is 1. The molecule has 0 aliphatic heterocycles. The SMILES string of the molecule is Cc1nn(Cc2ccccc2)c(Cl)c1C(=O)NC1CCCCC1. The van der Waals surface area contributed by atoms with Gasteiger partial charge in [0.05, 0.1) is 17.8 Å². The highest BCUT2D eigenvalue weighted by Crippen LogP contribution is 2.23. The van der Waals surface area contributed by atoms with E-state index in [1.54, 1.807) is 4.68 Å². The number of nitrogens with one attached hydrogen (secondary N) is 1. The van der Waals surface area contributed by atoms with Crippen molar-refractivity contribution in [3.63, 3.8) is 0 Å². The summed E-state index contributed by atoms with van der Waals surface area (Å²) in [6.07, 6.45) is 5.75. The second kappa shape index (κ2) is 7.18. The number of hydrogen-bond acceptors (Lipinski definition) is 2. The third-order valence-electron chi connectivity index (χ3n) is 4.41. The Bertz CT molecular complexity index is 675. The Morgan fingerprint density at radius 1 is 1.26 bits per heavy atom. The monoisotopic (exact) mass is 331 g/mol. The summed E-state index contributed by atoms with van der Waals surface area (Å²) in [6, 6.07) is 10.3. The van der Waals surface area contributed by atoms with Gasteiger partial charge in [0.25, 0.3) is 5.91 Å². The van der Waals surface area contributed by atoms with Gasteiger partial charge in [-0.15, -0.1) is 0 Å². The number of aryl methyl sites for hydroxylation is 1. The maximum absolute atomic E-state index is 12.6. The fraction of sp³-hybridized carbons (Fsp3) is 0.444. The molecule has 0 unspecified atom stereocenters. The number of rotatable bonds is 4. The molecular weight excluding hydrogens is 310 g/mol.